The first-order valence-corrected chi connectivity index (χ1v) is 8.74. The van der Waals surface area contributed by atoms with Crippen molar-refractivity contribution in [1.82, 2.24) is 4.90 Å². The summed E-state index contributed by atoms with van der Waals surface area (Å²) in [6, 6.07) is 21.4. The van der Waals surface area contributed by atoms with Crippen molar-refractivity contribution in [3.8, 4) is 11.8 Å². The molecule has 0 saturated carbocycles. The lowest BCUT2D eigenvalue weighted by atomic mass is 9.96. The zero-order valence-electron chi connectivity index (χ0n) is 14.3. The smallest absolute Gasteiger partial charge is 0.0977 e. The molecule has 2 heteroatoms. The SMILES string of the molecule is COC[C@H]1CCCCN1C(C#Cc1ccccc1)c1ccccc1. The molecular formula is C22H25NO. The van der Waals surface area contributed by atoms with Crippen LogP contribution in [0, 0.1) is 11.8 Å². The Hall–Kier alpha value is -2.08. The quantitative estimate of drug-likeness (QED) is 0.780. The van der Waals surface area contributed by atoms with Crippen LogP contribution in [0.4, 0.5) is 0 Å². The molecule has 0 bridgehead atoms. The number of ether oxygens (including phenoxy) is 1. The zero-order valence-corrected chi connectivity index (χ0v) is 14.3. The first kappa shape index (κ1) is 16.8. The van der Waals surface area contributed by atoms with Gasteiger partial charge in [0, 0.05) is 25.3 Å². The van der Waals surface area contributed by atoms with E-state index in [4.69, 9.17) is 4.74 Å². The molecule has 2 aromatic carbocycles. The van der Waals surface area contributed by atoms with Gasteiger partial charge in [-0.25, -0.2) is 0 Å². The first-order valence-electron chi connectivity index (χ1n) is 8.74. The molecule has 0 radical (unpaired) electrons. The second-order valence-electron chi connectivity index (χ2n) is 6.29. The number of likely N-dealkylation sites (tertiary alicyclic amines) is 1. The Morgan fingerprint density at radius 1 is 1.04 bits per heavy atom. The molecule has 0 aliphatic carbocycles. The standard InChI is InChI=1S/C22H25NO/c1-24-18-21-14-8-9-17-23(21)22(20-12-6-3-7-13-20)16-15-19-10-4-2-5-11-19/h2-7,10-13,21-22H,8-9,14,17-18H2,1H3/t21-,22?/m1/s1. The highest BCUT2D eigenvalue weighted by Crippen LogP contribution is 2.28. The molecule has 24 heavy (non-hydrogen) atoms. The fourth-order valence-electron chi connectivity index (χ4n) is 3.40. The van der Waals surface area contributed by atoms with Gasteiger partial charge < -0.3 is 4.74 Å². The van der Waals surface area contributed by atoms with Gasteiger partial charge in [0.05, 0.1) is 12.6 Å². The zero-order chi connectivity index (χ0) is 16.6. The minimum atomic E-state index is 0.117. The van der Waals surface area contributed by atoms with Gasteiger partial charge in [0.25, 0.3) is 0 Å². The summed E-state index contributed by atoms with van der Waals surface area (Å²) in [5.74, 6) is 6.90. The van der Waals surface area contributed by atoms with Gasteiger partial charge in [-0.05, 0) is 30.5 Å². The van der Waals surface area contributed by atoms with Gasteiger partial charge in [-0.3, -0.25) is 4.90 Å². The van der Waals surface area contributed by atoms with Gasteiger partial charge in [-0.1, -0.05) is 66.8 Å². The molecule has 1 unspecified atom stereocenters. The van der Waals surface area contributed by atoms with E-state index < -0.39 is 0 Å². The van der Waals surface area contributed by atoms with E-state index >= 15 is 0 Å². The summed E-state index contributed by atoms with van der Waals surface area (Å²) in [7, 11) is 1.79. The van der Waals surface area contributed by atoms with Crippen LogP contribution in [-0.2, 0) is 4.74 Å². The molecule has 2 atom stereocenters. The summed E-state index contributed by atoms with van der Waals surface area (Å²) in [5.41, 5.74) is 2.34. The fourth-order valence-corrected chi connectivity index (χ4v) is 3.40. The molecule has 1 aliphatic rings. The summed E-state index contributed by atoms with van der Waals surface area (Å²) in [6.45, 7) is 1.85. The van der Waals surface area contributed by atoms with Crippen LogP contribution in [0.1, 0.15) is 36.4 Å². The highest BCUT2D eigenvalue weighted by molar-refractivity contribution is 5.37. The van der Waals surface area contributed by atoms with E-state index in [2.05, 4.69) is 59.2 Å². The summed E-state index contributed by atoms with van der Waals surface area (Å²) >= 11 is 0. The first-order chi connectivity index (χ1) is 11.9. The molecule has 1 aliphatic heterocycles. The second kappa shape index (κ2) is 8.68. The van der Waals surface area contributed by atoms with Crippen molar-refractivity contribution >= 4 is 0 Å². The minimum absolute atomic E-state index is 0.117. The van der Waals surface area contributed by atoms with E-state index in [-0.39, 0.29) is 6.04 Å². The Labute approximate surface area is 145 Å². The number of piperidine rings is 1. The topological polar surface area (TPSA) is 12.5 Å². The Kier molecular flexibility index (Phi) is 6.07. The highest BCUT2D eigenvalue weighted by Gasteiger charge is 2.28. The molecule has 0 amide bonds. The van der Waals surface area contributed by atoms with Crippen LogP contribution in [-0.4, -0.2) is 31.2 Å². The molecule has 2 aromatic rings. The lowest BCUT2D eigenvalue weighted by Crippen LogP contribution is -2.44. The third kappa shape index (κ3) is 4.26. The number of rotatable bonds is 4. The molecule has 1 fully saturated rings. The van der Waals surface area contributed by atoms with Crippen LogP contribution in [0.15, 0.2) is 60.7 Å². The predicted octanol–water partition coefficient (Wildman–Crippen LogP) is 4.28. The monoisotopic (exact) mass is 319 g/mol. The molecule has 124 valence electrons. The molecule has 0 spiro atoms. The average Bonchev–Trinajstić information content (AvgIpc) is 2.65. The van der Waals surface area contributed by atoms with Crippen LogP contribution in [0.5, 0.6) is 0 Å². The van der Waals surface area contributed by atoms with E-state index in [1.54, 1.807) is 7.11 Å². The van der Waals surface area contributed by atoms with E-state index in [0.29, 0.717) is 6.04 Å². The number of methoxy groups -OCH3 is 1. The predicted molar refractivity (Wildman–Crippen MR) is 98.7 cm³/mol. The van der Waals surface area contributed by atoms with Gasteiger partial charge >= 0.3 is 0 Å². The highest BCUT2D eigenvalue weighted by atomic mass is 16.5. The van der Waals surface area contributed by atoms with Crippen molar-refractivity contribution in [2.45, 2.75) is 31.3 Å². The van der Waals surface area contributed by atoms with Gasteiger partial charge in [0.1, 0.15) is 0 Å². The largest absolute Gasteiger partial charge is 0.383 e. The normalized spacial score (nSPS) is 19.3. The number of hydrogen-bond acceptors (Lipinski definition) is 2. The molecule has 3 rings (SSSR count). The van der Waals surface area contributed by atoms with Gasteiger partial charge in [-0.2, -0.15) is 0 Å². The van der Waals surface area contributed by atoms with Crippen LogP contribution in [0.3, 0.4) is 0 Å². The van der Waals surface area contributed by atoms with E-state index in [0.717, 1.165) is 18.7 Å². The second-order valence-corrected chi connectivity index (χ2v) is 6.29. The molecule has 1 saturated heterocycles. The third-order valence-corrected chi connectivity index (χ3v) is 4.61. The van der Waals surface area contributed by atoms with Crippen molar-refractivity contribution in [3.05, 3.63) is 71.8 Å². The van der Waals surface area contributed by atoms with E-state index in [1.165, 1.54) is 24.8 Å². The summed E-state index contributed by atoms with van der Waals surface area (Å²) < 4.78 is 5.47. The Morgan fingerprint density at radius 2 is 1.75 bits per heavy atom. The van der Waals surface area contributed by atoms with Crippen LogP contribution >= 0.6 is 0 Å². The maximum Gasteiger partial charge on any atom is 0.0977 e. The van der Waals surface area contributed by atoms with Crippen molar-refractivity contribution in [2.75, 3.05) is 20.3 Å². The van der Waals surface area contributed by atoms with Crippen LogP contribution in [0.25, 0.3) is 0 Å². The molecular weight excluding hydrogens is 294 g/mol. The molecule has 1 heterocycles. The number of hydrogen-bond donors (Lipinski definition) is 0. The lowest BCUT2D eigenvalue weighted by molar-refractivity contribution is 0.0499. The number of nitrogens with zero attached hydrogens (tertiary/aromatic N) is 1. The Balaban J connectivity index is 1.91. The van der Waals surface area contributed by atoms with E-state index in [9.17, 15) is 0 Å². The van der Waals surface area contributed by atoms with Crippen LogP contribution in [0.2, 0.25) is 0 Å². The summed E-state index contributed by atoms with van der Waals surface area (Å²) in [6.07, 6.45) is 3.69. The Bertz CT molecular complexity index is 669. The van der Waals surface area contributed by atoms with Crippen molar-refractivity contribution < 1.29 is 4.74 Å². The third-order valence-electron chi connectivity index (χ3n) is 4.61. The van der Waals surface area contributed by atoms with Crippen molar-refractivity contribution in [3.63, 3.8) is 0 Å². The fraction of sp³-hybridized carbons (Fsp3) is 0.364. The molecule has 0 aromatic heterocycles. The maximum atomic E-state index is 5.47. The Morgan fingerprint density at radius 3 is 2.46 bits per heavy atom. The van der Waals surface area contributed by atoms with Gasteiger partial charge in [0.15, 0.2) is 0 Å². The van der Waals surface area contributed by atoms with Crippen molar-refractivity contribution in [2.24, 2.45) is 0 Å². The maximum absolute atomic E-state index is 5.47. The number of benzene rings is 2. The van der Waals surface area contributed by atoms with Crippen LogP contribution < -0.4 is 0 Å². The average molecular weight is 319 g/mol. The molecule has 2 nitrogen and oxygen atoms in total. The lowest BCUT2D eigenvalue weighted by Gasteiger charge is -2.39. The van der Waals surface area contributed by atoms with Crippen molar-refractivity contribution in [1.29, 1.82) is 0 Å². The summed E-state index contributed by atoms with van der Waals surface area (Å²) in [5, 5.41) is 0. The van der Waals surface area contributed by atoms with E-state index in [1.807, 2.05) is 18.2 Å². The molecule has 0 N–H and O–H groups in total. The minimum Gasteiger partial charge on any atom is -0.383 e. The van der Waals surface area contributed by atoms with Gasteiger partial charge in [-0.15, -0.1) is 0 Å². The van der Waals surface area contributed by atoms with Gasteiger partial charge in [0.2, 0.25) is 0 Å². The summed E-state index contributed by atoms with van der Waals surface area (Å²) in [4.78, 5) is 2.53.